The summed E-state index contributed by atoms with van der Waals surface area (Å²) in [5.74, 6) is 6.68. The maximum atomic E-state index is 11.5. The molecule has 17 heavy (non-hydrogen) atoms. The van der Waals surface area contributed by atoms with Crippen LogP contribution in [-0.4, -0.2) is 43.0 Å². The number of anilines is 2. The van der Waals surface area contributed by atoms with Crippen LogP contribution in [0.25, 0.3) is 0 Å². The van der Waals surface area contributed by atoms with Gasteiger partial charge < -0.3 is 4.90 Å². The lowest BCUT2D eigenvalue weighted by Crippen LogP contribution is -2.28. The van der Waals surface area contributed by atoms with Gasteiger partial charge in [-0.1, -0.05) is 0 Å². The van der Waals surface area contributed by atoms with Crippen LogP contribution in [-0.2, 0) is 9.84 Å². The predicted octanol–water partition coefficient (Wildman–Crippen LogP) is -0.613. The van der Waals surface area contributed by atoms with Crippen LogP contribution in [0.4, 0.5) is 11.8 Å². The fourth-order valence-electron chi connectivity index (χ4n) is 1.76. The van der Waals surface area contributed by atoms with E-state index < -0.39 is 9.84 Å². The highest BCUT2D eigenvalue weighted by Crippen LogP contribution is 2.15. The number of nitrogens with one attached hydrogen (secondary N) is 1. The molecule has 1 fully saturated rings. The molecule has 0 bridgehead atoms. The summed E-state index contributed by atoms with van der Waals surface area (Å²) < 4.78 is 23.0. The van der Waals surface area contributed by atoms with Crippen molar-refractivity contribution in [3.8, 4) is 0 Å². The van der Waals surface area contributed by atoms with Gasteiger partial charge >= 0.3 is 0 Å². The molecule has 1 aliphatic rings. The number of hydrogen-bond acceptors (Lipinski definition) is 7. The summed E-state index contributed by atoms with van der Waals surface area (Å²) in [7, 11) is -2.90. The van der Waals surface area contributed by atoms with Gasteiger partial charge in [0.25, 0.3) is 0 Å². The van der Waals surface area contributed by atoms with Crippen LogP contribution >= 0.6 is 0 Å². The van der Waals surface area contributed by atoms with Gasteiger partial charge in [0.2, 0.25) is 5.95 Å². The van der Waals surface area contributed by atoms with E-state index in [1.165, 1.54) is 0 Å². The maximum absolute atomic E-state index is 11.5. The molecule has 8 heteroatoms. The van der Waals surface area contributed by atoms with Crippen LogP contribution in [0.2, 0.25) is 0 Å². The molecule has 0 aliphatic carbocycles. The third kappa shape index (κ3) is 3.04. The summed E-state index contributed by atoms with van der Waals surface area (Å²) >= 11 is 0. The molecule has 7 nitrogen and oxygen atoms in total. The highest BCUT2D eigenvalue weighted by atomic mass is 32.2. The van der Waals surface area contributed by atoms with Gasteiger partial charge in [-0.25, -0.2) is 19.2 Å². The number of sulfone groups is 1. The van der Waals surface area contributed by atoms with Crippen LogP contribution in [0.5, 0.6) is 0 Å². The molecule has 1 saturated heterocycles. The van der Waals surface area contributed by atoms with Crippen molar-refractivity contribution >= 4 is 21.6 Å². The van der Waals surface area contributed by atoms with E-state index in [0.717, 1.165) is 0 Å². The smallest absolute Gasteiger partial charge is 0.239 e. The molecular weight excluding hydrogens is 242 g/mol. The average Bonchev–Trinajstić information content (AvgIpc) is 2.50. The van der Waals surface area contributed by atoms with E-state index >= 15 is 0 Å². The van der Waals surface area contributed by atoms with Gasteiger partial charge in [0.05, 0.1) is 11.5 Å². The predicted molar refractivity (Wildman–Crippen MR) is 65.3 cm³/mol. The first kappa shape index (κ1) is 12.1. The molecule has 1 aromatic rings. The summed E-state index contributed by atoms with van der Waals surface area (Å²) in [6.07, 6.45) is 2.22. The highest BCUT2D eigenvalue weighted by molar-refractivity contribution is 7.91. The van der Waals surface area contributed by atoms with E-state index in [9.17, 15) is 8.42 Å². The van der Waals surface area contributed by atoms with E-state index in [0.29, 0.717) is 31.3 Å². The van der Waals surface area contributed by atoms with Gasteiger partial charge in [-0.15, -0.1) is 0 Å². The number of nitrogens with two attached hydrogens (primary N) is 1. The van der Waals surface area contributed by atoms with Gasteiger partial charge in [-0.3, -0.25) is 5.43 Å². The van der Waals surface area contributed by atoms with Gasteiger partial charge in [0.15, 0.2) is 9.84 Å². The second-order valence-corrected chi connectivity index (χ2v) is 6.18. The zero-order valence-electron chi connectivity index (χ0n) is 9.33. The van der Waals surface area contributed by atoms with Crippen LogP contribution in [0, 0.1) is 0 Å². The third-order valence-corrected chi connectivity index (χ3v) is 4.36. The zero-order chi connectivity index (χ0) is 12.3. The van der Waals surface area contributed by atoms with Crippen LogP contribution in [0.1, 0.15) is 6.42 Å². The van der Waals surface area contributed by atoms with E-state index in [2.05, 4.69) is 15.4 Å². The van der Waals surface area contributed by atoms with E-state index in [4.69, 9.17) is 5.84 Å². The molecule has 94 valence electrons. The van der Waals surface area contributed by atoms with Gasteiger partial charge in [0.1, 0.15) is 5.82 Å². The normalized spacial score (nSPS) is 19.7. The summed E-state index contributed by atoms with van der Waals surface area (Å²) in [6.45, 7) is 1.14. The summed E-state index contributed by atoms with van der Waals surface area (Å²) in [6, 6.07) is 1.75. The Hall–Kier alpha value is -1.41. The van der Waals surface area contributed by atoms with Crippen LogP contribution < -0.4 is 16.2 Å². The van der Waals surface area contributed by atoms with E-state index in [1.807, 2.05) is 4.90 Å². The Morgan fingerprint density at radius 3 is 2.94 bits per heavy atom. The number of hydrogen-bond donors (Lipinski definition) is 2. The van der Waals surface area contributed by atoms with Crippen molar-refractivity contribution in [2.24, 2.45) is 5.84 Å². The Bertz CT molecular complexity index is 490. The monoisotopic (exact) mass is 257 g/mol. The molecule has 0 amide bonds. The summed E-state index contributed by atoms with van der Waals surface area (Å²) in [5, 5.41) is 0. The number of nitrogens with zero attached hydrogens (tertiary/aromatic N) is 3. The zero-order valence-corrected chi connectivity index (χ0v) is 10.2. The van der Waals surface area contributed by atoms with Crippen molar-refractivity contribution < 1.29 is 8.42 Å². The number of nitrogen functional groups attached to an aromatic ring is 1. The van der Waals surface area contributed by atoms with Gasteiger partial charge in [-0.2, -0.15) is 4.98 Å². The molecule has 0 atom stereocenters. The molecule has 2 rings (SSSR count). The van der Waals surface area contributed by atoms with Crippen molar-refractivity contribution in [2.45, 2.75) is 6.42 Å². The van der Waals surface area contributed by atoms with E-state index in [1.54, 1.807) is 12.3 Å². The first-order valence-electron chi connectivity index (χ1n) is 5.36. The lowest BCUT2D eigenvalue weighted by atomic mass is 10.4. The molecule has 3 N–H and O–H groups in total. The van der Waals surface area contributed by atoms with Crippen LogP contribution in [0.15, 0.2) is 12.3 Å². The molecule has 1 aliphatic heterocycles. The molecule has 0 radical (unpaired) electrons. The standard InChI is InChI=1S/C9H15N5O2S/c10-13-9-11-3-2-8(12-9)14-4-1-6-17(15,16)7-5-14/h2-3H,1,4-7,10H2,(H,11,12,13). The quantitative estimate of drug-likeness (QED) is 0.538. The molecule has 1 aromatic heterocycles. The second-order valence-electron chi connectivity index (χ2n) is 3.88. The minimum absolute atomic E-state index is 0.169. The summed E-state index contributed by atoms with van der Waals surface area (Å²) in [4.78, 5) is 10.0. The van der Waals surface area contributed by atoms with Gasteiger partial charge in [0, 0.05) is 19.3 Å². The summed E-state index contributed by atoms with van der Waals surface area (Å²) in [5.41, 5.74) is 2.37. The minimum Gasteiger partial charge on any atom is -0.355 e. The fourth-order valence-corrected chi connectivity index (χ4v) is 3.03. The van der Waals surface area contributed by atoms with Crippen molar-refractivity contribution in [3.05, 3.63) is 12.3 Å². The van der Waals surface area contributed by atoms with E-state index in [-0.39, 0.29) is 11.5 Å². The van der Waals surface area contributed by atoms with Crippen LogP contribution in [0.3, 0.4) is 0 Å². The number of aromatic nitrogens is 2. The molecule has 2 heterocycles. The van der Waals surface area contributed by atoms with Crippen molar-refractivity contribution in [1.82, 2.24) is 9.97 Å². The lowest BCUT2D eigenvalue weighted by Gasteiger charge is -2.20. The Kier molecular flexibility index (Phi) is 3.43. The Balaban J connectivity index is 2.16. The average molecular weight is 257 g/mol. The number of hydrazine groups is 1. The Morgan fingerprint density at radius 1 is 1.35 bits per heavy atom. The molecule has 0 spiro atoms. The Labute approximate surface area is 99.9 Å². The Morgan fingerprint density at radius 2 is 2.18 bits per heavy atom. The first-order chi connectivity index (χ1) is 8.11. The second kappa shape index (κ2) is 4.84. The maximum Gasteiger partial charge on any atom is 0.239 e. The fraction of sp³-hybridized carbons (Fsp3) is 0.556. The topological polar surface area (TPSA) is 101 Å². The molecule has 0 unspecified atom stereocenters. The van der Waals surface area contributed by atoms with Crippen molar-refractivity contribution in [2.75, 3.05) is 34.9 Å². The minimum atomic E-state index is -2.90. The molecule has 0 aromatic carbocycles. The van der Waals surface area contributed by atoms with Crippen molar-refractivity contribution in [1.29, 1.82) is 0 Å². The first-order valence-corrected chi connectivity index (χ1v) is 7.18. The SMILES string of the molecule is NNc1nccc(N2CCCS(=O)(=O)CC2)n1. The lowest BCUT2D eigenvalue weighted by molar-refractivity contribution is 0.597. The molecule has 0 saturated carbocycles. The van der Waals surface area contributed by atoms with Crippen molar-refractivity contribution in [3.63, 3.8) is 0 Å². The molecular formula is C9H15N5O2S. The number of rotatable bonds is 2. The van der Waals surface area contributed by atoms with Gasteiger partial charge in [-0.05, 0) is 12.5 Å². The third-order valence-electron chi connectivity index (χ3n) is 2.65. The highest BCUT2D eigenvalue weighted by Gasteiger charge is 2.20. The largest absolute Gasteiger partial charge is 0.355 e.